The van der Waals surface area contributed by atoms with Gasteiger partial charge in [-0.1, -0.05) is 12.1 Å². The predicted octanol–water partition coefficient (Wildman–Crippen LogP) is 3.93. The quantitative estimate of drug-likeness (QED) is 0.728. The molecule has 0 fully saturated rings. The number of alkyl halides is 3. The minimum atomic E-state index is -4.86. The van der Waals surface area contributed by atoms with Crippen LogP contribution in [0.1, 0.15) is 16.1 Å². The van der Waals surface area contributed by atoms with Crippen LogP contribution in [0.3, 0.4) is 0 Å². The first-order chi connectivity index (χ1) is 11.8. The molecule has 0 amide bonds. The normalized spacial score (nSPS) is 11.5. The average molecular weight is 369 g/mol. The van der Waals surface area contributed by atoms with Crippen molar-refractivity contribution in [3.63, 3.8) is 0 Å². The van der Waals surface area contributed by atoms with Gasteiger partial charge in [0.2, 0.25) is 0 Å². The molecule has 2 aromatic heterocycles. The molecule has 25 heavy (non-hydrogen) atoms. The van der Waals surface area contributed by atoms with Gasteiger partial charge in [0.05, 0.1) is 12.8 Å². The molecule has 1 aromatic carbocycles. The lowest BCUT2D eigenvalue weighted by molar-refractivity contribution is -0.141. The van der Waals surface area contributed by atoms with E-state index >= 15 is 0 Å². The first-order valence-electron chi connectivity index (χ1n) is 6.80. The Balaban J connectivity index is 2.06. The highest BCUT2D eigenvalue weighted by atomic mass is 32.1. The van der Waals surface area contributed by atoms with E-state index in [1.807, 2.05) is 0 Å². The van der Waals surface area contributed by atoms with Gasteiger partial charge in [-0.2, -0.15) is 18.3 Å². The SMILES string of the molecule is COc1cccc(-c2csc(-c3n[nH]c(C(F)(F)F)c3C(=O)O)n2)c1. The molecule has 3 rings (SSSR count). The number of rotatable bonds is 4. The van der Waals surface area contributed by atoms with Gasteiger partial charge < -0.3 is 9.84 Å². The molecular formula is C15H10F3N3O3S. The van der Waals surface area contributed by atoms with Crippen LogP contribution in [-0.4, -0.2) is 33.4 Å². The number of aromatic carboxylic acids is 1. The van der Waals surface area contributed by atoms with Crippen molar-refractivity contribution in [2.45, 2.75) is 6.18 Å². The minimum absolute atomic E-state index is 0.0713. The molecule has 2 heterocycles. The van der Waals surface area contributed by atoms with Crippen molar-refractivity contribution in [1.82, 2.24) is 15.2 Å². The molecule has 130 valence electrons. The summed E-state index contributed by atoms with van der Waals surface area (Å²) in [6.07, 6.45) is -4.86. The van der Waals surface area contributed by atoms with E-state index in [0.29, 0.717) is 17.0 Å². The van der Waals surface area contributed by atoms with Crippen molar-refractivity contribution in [2.75, 3.05) is 7.11 Å². The number of hydrogen-bond donors (Lipinski definition) is 2. The summed E-state index contributed by atoms with van der Waals surface area (Å²) < 4.78 is 43.9. The summed E-state index contributed by atoms with van der Waals surface area (Å²) >= 11 is 1.00. The van der Waals surface area contributed by atoms with Crippen LogP contribution < -0.4 is 4.74 Å². The van der Waals surface area contributed by atoms with E-state index in [4.69, 9.17) is 9.84 Å². The molecule has 3 aromatic rings. The van der Waals surface area contributed by atoms with Gasteiger partial charge in [-0.15, -0.1) is 11.3 Å². The van der Waals surface area contributed by atoms with Gasteiger partial charge in [0.15, 0.2) is 5.69 Å². The fourth-order valence-electron chi connectivity index (χ4n) is 2.21. The largest absolute Gasteiger partial charge is 0.497 e. The number of aromatic amines is 1. The summed E-state index contributed by atoms with van der Waals surface area (Å²) in [6, 6.07) is 6.95. The van der Waals surface area contributed by atoms with Gasteiger partial charge in [0.25, 0.3) is 0 Å². The monoisotopic (exact) mass is 369 g/mol. The summed E-state index contributed by atoms with van der Waals surface area (Å²) in [6.45, 7) is 0. The third-order valence-electron chi connectivity index (χ3n) is 3.34. The highest BCUT2D eigenvalue weighted by molar-refractivity contribution is 7.13. The minimum Gasteiger partial charge on any atom is -0.497 e. The van der Waals surface area contributed by atoms with E-state index < -0.39 is 23.4 Å². The van der Waals surface area contributed by atoms with Gasteiger partial charge >= 0.3 is 12.1 Å². The Morgan fingerprint density at radius 3 is 2.76 bits per heavy atom. The maximum Gasteiger partial charge on any atom is 0.433 e. The van der Waals surface area contributed by atoms with Gasteiger partial charge in [0.1, 0.15) is 22.0 Å². The van der Waals surface area contributed by atoms with Crippen molar-refractivity contribution in [3.05, 3.63) is 40.9 Å². The molecular weight excluding hydrogens is 359 g/mol. The second-order valence-corrected chi connectivity index (χ2v) is 5.75. The highest BCUT2D eigenvalue weighted by Gasteiger charge is 2.40. The van der Waals surface area contributed by atoms with E-state index in [0.717, 1.165) is 11.3 Å². The van der Waals surface area contributed by atoms with Gasteiger partial charge in [-0.05, 0) is 12.1 Å². The fourth-order valence-corrected chi connectivity index (χ4v) is 3.03. The number of nitrogens with zero attached hydrogens (tertiary/aromatic N) is 2. The van der Waals surface area contributed by atoms with Crippen LogP contribution in [0.15, 0.2) is 29.6 Å². The van der Waals surface area contributed by atoms with E-state index in [1.165, 1.54) is 7.11 Å². The summed E-state index contributed by atoms with van der Waals surface area (Å²) in [5.41, 5.74) is -1.54. The number of thiazole rings is 1. The number of halogens is 3. The van der Waals surface area contributed by atoms with Gasteiger partial charge in [-0.25, -0.2) is 9.78 Å². The summed E-state index contributed by atoms with van der Waals surface area (Å²) in [5.74, 6) is -1.13. The number of hydrogen-bond acceptors (Lipinski definition) is 5. The van der Waals surface area contributed by atoms with Crippen molar-refractivity contribution in [1.29, 1.82) is 0 Å². The van der Waals surface area contributed by atoms with Crippen LogP contribution in [0.4, 0.5) is 13.2 Å². The van der Waals surface area contributed by atoms with Crippen LogP contribution in [-0.2, 0) is 6.18 Å². The molecule has 0 bridgehead atoms. The average Bonchev–Trinajstić information content (AvgIpc) is 3.21. The molecule has 6 nitrogen and oxygen atoms in total. The Kier molecular flexibility index (Phi) is 4.21. The zero-order chi connectivity index (χ0) is 18.2. The van der Waals surface area contributed by atoms with Crippen LogP contribution in [0.25, 0.3) is 22.0 Å². The molecule has 0 atom stereocenters. The maximum atomic E-state index is 12.9. The Labute approximate surface area is 142 Å². The summed E-state index contributed by atoms with van der Waals surface area (Å²) in [5, 5.41) is 16.1. The molecule has 2 N–H and O–H groups in total. The van der Waals surface area contributed by atoms with E-state index in [-0.39, 0.29) is 10.7 Å². The summed E-state index contributed by atoms with van der Waals surface area (Å²) in [4.78, 5) is 15.5. The number of ether oxygens (including phenoxy) is 1. The molecule has 0 saturated carbocycles. The first-order valence-corrected chi connectivity index (χ1v) is 7.68. The number of carboxylic acid groups (broad SMARTS) is 1. The van der Waals surface area contributed by atoms with Crippen molar-refractivity contribution in [3.8, 4) is 27.7 Å². The van der Waals surface area contributed by atoms with Crippen molar-refractivity contribution in [2.24, 2.45) is 0 Å². The van der Waals surface area contributed by atoms with Gasteiger partial charge in [-0.3, -0.25) is 5.10 Å². The molecule has 0 aliphatic carbocycles. The molecule has 0 spiro atoms. The molecule has 0 radical (unpaired) electrons. The van der Waals surface area contributed by atoms with Crippen LogP contribution >= 0.6 is 11.3 Å². The number of carbonyl (C=O) groups is 1. The lowest BCUT2D eigenvalue weighted by Crippen LogP contribution is -2.12. The first kappa shape index (κ1) is 17.0. The number of aromatic nitrogens is 3. The van der Waals surface area contributed by atoms with E-state index in [9.17, 15) is 18.0 Å². The van der Waals surface area contributed by atoms with E-state index in [1.54, 1.807) is 34.7 Å². The molecule has 0 aliphatic rings. The van der Waals surface area contributed by atoms with Gasteiger partial charge in [0, 0.05) is 10.9 Å². The molecule has 10 heteroatoms. The molecule has 0 unspecified atom stereocenters. The number of methoxy groups -OCH3 is 1. The zero-order valence-electron chi connectivity index (χ0n) is 12.6. The third-order valence-corrected chi connectivity index (χ3v) is 4.18. The maximum absolute atomic E-state index is 12.9. The smallest absolute Gasteiger partial charge is 0.433 e. The second kappa shape index (κ2) is 6.20. The number of H-pyrrole nitrogens is 1. The zero-order valence-corrected chi connectivity index (χ0v) is 13.4. The fraction of sp³-hybridized carbons (Fsp3) is 0.133. The van der Waals surface area contributed by atoms with Crippen molar-refractivity contribution < 1.29 is 27.8 Å². The second-order valence-electron chi connectivity index (χ2n) is 4.89. The molecule has 0 saturated heterocycles. The van der Waals surface area contributed by atoms with Crippen LogP contribution in [0, 0.1) is 0 Å². The lowest BCUT2D eigenvalue weighted by Gasteiger charge is -2.04. The Morgan fingerprint density at radius 1 is 1.36 bits per heavy atom. The van der Waals surface area contributed by atoms with Crippen LogP contribution in [0.2, 0.25) is 0 Å². The van der Waals surface area contributed by atoms with E-state index in [2.05, 4.69) is 10.1 Å². The Bertz CT molecular complexity index is 933. The number of benzene rings is 1. The third kappa shape index (κ3) is 3.20. The lowest BCUT2D eigenvalue weighted by atomic mass is 10.1. The number of nitrogens with one attached hydrogen (secondary N) is 1. The number of carboxylic acids is 1. The standard InChI is InChI=1S/C15H10F3N3O3S/c1-24-8-4-2-3-7(5-8)9-6-25-13(19-9)11-10(14(22)23)12(21-20-11)15(16,17)18/h2-6H,1H3,(H,20,21)(H,22,23). The summed E-state index contributed by atoms with van der Waals surface area (Å²) in [7, 11) is 1.51. The Hall–Kier alpha value is -2.88. The predicted molar refractivity (Wildman–Crippen MR) is 83.6 cm³/mol. The molecule has 0 aliphatic heterocycles. The Morgan fingerprint density at radius 2 is 2.12 bits per heavy atom. The van der Waals surface area contributed by atoms with Crippen LogP contribution in [0.5, 0.6) is 5.75 Å². The topological polar surface area (TPSA) is 88.1 Å². The highest BCUT2D eigenvalue weighted by Crippen LogP contribution is 2.37. The van der Waals surface area contributed by atoms with Crippen molar-refractivity contribution >= 4 is 17.3 Å².